The van der Waals surface area contributed by atoms with Crippen LogP contribution in [0.3, 0.4) is 0 Å². The zero-order valence-corrected chi connectivity index (χ0v) is 45.6. The van der Waals surface area contributed by atoms with Crippen LogP contribution in [0.15, 0.2) is 24.3 Å². The van der Waals surface area contributed by atoms with Gasteiger partial charge in [0.2, 0.25) is 0 Å². The summed E-state index contributed by atoms with van der Waals surface area (Å²) in [5.41, 5.74) is 8.31. The van der Waals surface area contributed by atoms with Crippen LogP contribution in [-0.2, 0) is 50.4 Å². The minimum Gasteiger partial charge on any atom is -0.462 e. The normalized spacial score (nSPS) is 12.5. The van der Waals surface area contributed by atoms with E-state index in [2.05, 4.69) is 39.6 Å². The Morgan fingerprint density at radius 2 is 1.06 bits per heavy atom. The molecule has 0 radical (unpaired) electrons. The van der Waals surface area contributed by atoms with Crippen LogP contribution in [-0.4, -0.2) is 70.5 Å². The van der Waals surface area contributed by atoms with Crippen LogP contribution in [0.5, 0.6) is 0 Å². The minimum atomic E-state index is -4.38. The topological polar surface area (TPSA) is 174 Å². The Morgan fingerprint density at radius 1 is 0.609 bits per heavy atom. The van der Waals surface area contributed by atoms with Gasteiger partial charge in [0.25, 0.3) is 0 Å². The number of carbonyl (C=O) groups is 2. The van der Waals surface area contributed by atoms with E-state index in [0.717, 1.165) is 35.1 Å². The van der Waals surface area contributed by atoms with Crippen molar-refractivity contribution in [3.05, 3.63) is 30.1 Å². The van der Waals surface area contributed by atoms with E-state index in [9.17, 15) is 19.0 Å². The molecule has 0 bridgehead atoms. The molecule has 2 atom stereocenters. The third-order valence-electron chi connectivity index (χ3n) is 12.0. The molecule has 0 spiro atoms. The van der Waals surface area contributed by atoms with Gasteiger partial charge < -0.3 is 29.4 Å². The average Bonchev–Trinajstić information content (AvgIpc) is 3.69. The lowest BCUT2D eigenvalue weighted by Crippen LogP contribution is -2.29. The molecule has 2 aromatic heterocycles. The first-order chi connectivity index (χ1) is 33.4. The fourth-order valence-corrected chi connectivity index (χ4v) is 8.82. The van der Waals surface area contributed by atoms with E-state index in [1.165, 1.54) is 181 Å². The fraction of sp³-hybridized carbons (Fsp3) is 0.782. The molecule has 0 aliphatic rings. The molecule has 2 heterocycles. The number of aromatic nitrogens is 3. The first kappa shape index (κ1) is 63.9. The first-order valence-electron chi connectivity index (χ1n) is 27.5. The number of anilines is 1. The highest BCUT2D eigenvalue weighted by molar-refractivity contribution is 7.47. The smallest absolute Gasteiger partial charge is 0.462 e. The number of rotatable bonds is 40. The highest BCUT2D eigenvalue weighted by Crippen LogP contribution is 2.43. The zero-order chi connectivity index (χ0) is 50.8. The van der Waals surface area contributed by atoms with Gasteiger partial charge in [-0.15, -0.1) is 0 Å². The Labute approximate surface area is 419 Å². The third kappa shape index (κ3) is 32.5. The summed E-state index contributed by atoms with van der Waals surface area (Å²) in [6.45, 7) is 13.2. The second-order valence-electron chi connectivity index (χ2n) is 18.5. The number of benzene rings is 1. The molecule has 69 heavy (non-hydrogen) atoms. The molecule has 0 amide bonds. The largest absolute Gasteiger partial charge is 0.472 e. The minimum absolute atomic E-state index is 0.0860. The Morgan fingerprint density at radius 3 is 1.51 bits per heavy atom. The average molecular weight is 991 g/mol. The number of nitrogens with two attached hydrogens (primary N) is 1. The lowest BCUT2D eigenvalue weighted by atomic mass is 10.1. The number of carbonyl (C=O) groups excluding carboxylic acids is 2. The maximum Gasteiger partial charge on any atom is 0.472 e. The van der Waals surface area contributed by atoms with Crippen LogP contribution < -0.4 is 5.73 Å². The molecule has 0 saturated carbocycles. The van der Waals surface area contributed by atoms with Crippen molar-refractivity contribution in [1.82, 2.24) is 14.5 Å². The summed E-state index contributed by atoms with van der Waals surface area (Å²) in [5, 5.41) is 0.873. The first-order valence-corrected chi connectivity index (χ1v) is 29.0. The van der Waals surface area contributed by atoms with Crippen molar-refractivity contribution in [2.45, 2.75) is 247 Å². The predicted octanol–water partition coefficient (Wildman–Crippen LogP) is 15.3. The summed E-state index contributed by atoms with van der Waals surface area (Å²) in [6.07, 6.45) is 39.6. The molecule has 1 aromatic carbocycles. The highest BCUT2D eigenvalue weighted by Gasteiger charge is 2.23. The summed E-state index contributed by atoms with van der Waals surface area (Å²) in [7, 11) is -4.38. The van der Waals surface area contributed by atoms with Gasteiger partial charge in [-0.1, -0.05) is 226 Å². The number of fused-ring (bicyclic) bond motifs is 3. The van der Waals surface area contributed by atoms with Gasteiger partial charge in [0.15, 0.2) is 11.9 Å². The molecule has 3 rings (SSSR count). The number of phosphoric acid groups is 1. The van der Waals surface area contributed by atoms with Crippen LogP contribution >= 0.6 is 7.82 Å². The number of nitrogen functional groups attached to an aromatic ring is 1. The molecule has 0 aliphatic heterocycles. The molecule has 0 aliphatic carbocycles. The quantitative estimate of drug-likeness (QED) is 0.0314. The summed E-state index contributed by atoms with van der Waals surface area (Å²) >= 11 is 0. The van der Waals surface area contributed by atoms with Crippen LogP contribution in [0.2, 0.25) is 0 Å². The Hall–Kier alpha value is -3.09. The lowest BCUT2D eigenvalue weighted by Gasteiger charge is -2.17. The zero-order valence-electron chi connectivity index (χ0n) is 44.7. The van der Waals surface area contributed by atoms with Crippen LogP contribution in [0.4, 0.5) is 5.82 Å². The number of hydrogen-bond donors (Lipinski definition) is 2. The molecule has 3 aromatic rings. The number of imidazole rings is 1. The summed E-state index contributed by atoms with van der Waals surface area (Å²) in [6, 6.07) is 7.59. The van der Waals surface area contributed by atoms with Gasteiger partial charge in [0.05, 0.1) is 37.5 Å². The number of nitrogens with zero attached hydrogens (tertiary/aromatic N) is 3. The Balaban J connectivity index is 0.000000650. The summed E-state index contributed by atoms with van der Waals surface area (Å²) in [5.74, 6) is 0.0265. The van der Waals surface area contributed by atoms with E-state index in [-0.39, 0.29) is 39.6 Å². The van der Waals surface area contributed by atoms with Crippen molar-refractivity contribution in [3.8, 4) is 0 Å². The van der Waals surface area contributed by atoms with E-state index in [0.29, 0.717) is 17.8 Å². The highest BCUT2D eigenvalue weighted by atomic mass is 31.2. The second-order valence-corrected chi connectivity index (χ2v) is 20.0. The van der Waals surface area contributed by atoms with Gasteiger partial charge >= 0.3 is 19.8 Å². The van der Waals surface area contributed by atoms with Gasteiger partial charge in [-0.3, -0.25) is 18.6 Å². The van der Waals surface area contributed by atoms with Crippen LogP contribution in [0, 0.1) is 0 Å². The maximum absolute atomic E-state index is 12.4. The van der Waals surface area contributed by atoms with Crippen molar-refractivity contribution in [2.75, 3.05) is 38.8 Å². The number of para-hydroxylation sites is 1. The number of esters is 2. The third-order valence-corrected chi connectivity index (χ3v) is 13.0. The van der Waals surface area contributed by atoms with Crippen molar-refractivity contribution in [3.63, 3.8) is 0 Å². The molecule has 0 fully saturated rings. The Bertz CT molecular complexity index is 1720. The number of pyridine rings is 1. The Kier molecular flexibility index (Phi) is 39.4. The maximum atomic E-state index is 12.4. The monoisotopic (exact) mass is 991 g/mol. The van der Waals surface area contributed by atoms with Gasteiger partial charge in [-0.25, -0.2) is 14.5 Å². The van der Waals surface area contributed by atoms with Gasteiger partial charge in [-0.2, -0.15) is 0 Å². The summed E-state index contributed by atoms with van der Waals surface area (Å²) in [4.78, 5) is 41.5. The van der Waals surface area contributed by atoms with Crippen LogP contribution in [0.25, 0.3) is 21.9 Å². The predicted molar refractivity (Wildman–Crippen MR) is 286 cm³/mol. The molecule has 14 heteroatoms. The molecular formula is C55H99N4O9P. The van der Waals surface area contributed by atoms with E-state index < -0.39 is 25.9 Å². The molecular weight excluding hydrogens is 892 g/mol. The molecule has 3 N–H and O–H groups in total. The van der Waals surface area contributed by atoms with Crippen molar-refractivity contribution in [1.29, 1.82) is 0 Å². The van der Waals surface area contributed by atoms with Crippen LogP contribution in [0.1, 0.15) is 234 Å². The SMILES string of the molecule is CCCCCCCCCCCCCCC.CCCCCCCCCCCCCCC.CCCCc1nc2c(N)nc3ccccc3c2n1CCOP(=O)(O)OCCOC[C@@H](COC(C)=O)OC(C)=O. The van der Waals surface area contributed by atoms with E-state index in [1.807, 2.05) is 28.8 Å². The molecule has 13 nitrogen and oxygen atoms in total. The number of phosphoric ester groups is 1. The van der Waals surface area contributed by atoms with Crippen molar-refractivity contribution >= 4 is 47.5 Å². The standard InChI is InChI=1S/C25H35N4O9P.2C15H32/c1-4-5-10-22-28-23-24(20-8-6-7-9-21(20)27-25(23)26)29(22)11-12-36-39(32,33)37-14-13-34-15-19(38-18(3)31)16-35-17(2)30;2*1-3-5-7-9-11-13-15-14-12-10-8-6-4-2/h6-9,19H,4-5,10-16H2,1-3H3,(H2,26,27)(H,32,33);2*3-15H2,1-2H3/t19-;;/m0../s1. The van der Waals surface area contributed by atoms with Crippen molar-refractivity contribution < 1.29 is 42.3 Å². The van der Waals surface area contributed by atoms with Gasteiger partial charge in [-0.05, 0) is 12.5 Å². The summed E-state index contributed by atoms with van der Waals surface area (Å²) < 4.78 is 39.7. The fourth-order valence-electron chi connectivity index (χ4n) is 8.13. The lowest BCUT2D eigenvalue weighted by molar-refractivity contribution is -0.160. The van der Waals surface area contributed by atoms with E-state index in [1.54, 1.807) is 0 Å². The van der Waals surface area contributed by atoms with Crippen molar-refractivity contribution in [2.24, 2.45) is 0 Å². The molecule has 1 unspecified atom stereocenters. The molecule has 0 saturated heterocycles. The van der Waals surface area contributed by atoms with E-state index in [4.69, 9.17) is 34.0 Å². The number of ether oxygens (including phenoxy) is 3. The van der Waals surface area contributed by atoms with Gasteiger partial charge in [0.1, 0.15) is 17.9 Å². The van der Waals surface area contributed by atoms with E-state index >= 15 is 0 Å². The second kappa shape index (κ2) is 42.6. The number of aryl methyl sites for hydroxylation is 1. The molecule has 398 valence electrons. The van der Waals surface area contributed by atoms with Gasteiger partial charge in [0, 0.05) is 32.2 Å². The number of hydrogen-bond acceptors (Lipinski definition) is 11. The number of unbranched alkanes of at least 4 members (excludes halogenated alkanes) is 25.